The lowest BCUT2D eigenvalue weighted by Crippen LogP contribution is -1.82. The first kappa shape index (κ1) is 6.86. The highest BCUT2D eigenvalue weighted by Gasteiger charge is 1.90. The van der Waals surface area contributed by atoms with E-state index in [0.29, 0.717) is 5.82 Å². The van der Waals surface area contributed by atoms with Crippen LogP contribution in [0.25, 0.3) is 15.9 Å². The number of imidazole rings is 1. The molecular weight excluding hydrogens is 150 g/mol. The molecule has 0 aliphatic carbocycles. The van der Waals surface area contributed by atoms with Gasteiger partial charge in [0.15, 0.2) is 0 Å². The number of hydrogen-bond acceptors (Lipinski definition) is 1. The van der Waals surface area contributed by atoms with Crippen molar-refractivity contribution in [3.63, 3.8) is 0 Å². The van der Waals surface area contributed by atoms with E-state index in [-0.39, 0.29) is 6.54 Å². The average Bonchev–Trinajstić information content (AvgIpc) is 2.47. The van der Waals surface area contributed by atoms with Gasteiger partial charge in [-0.15, -0.1) is 0 Å². The summed E-state index contributed by atoms with van der Waals surface area (Å²) in [7, 11) is 0. The van der Waals surface area contributed by atoms with Gasteiger partial charge < -0.3 is 14.8 Å². The van der Waals surface area contributed by atoms with Crippen molar-refractivity contribution in [2.75, 3.05) is 0 Å². The Morgan fingerprint density at radius 1 is 1.42 bits per heavy atom. The van der Waals surface area contributed by atoms with E-state index in [9.17, 15) is 0 Å². The quantitative estimate of drug-likeness (QED) is 0.587. The molecule has 0 fully saturated rings. The first-order valence-electron chi connectivity index (χ1n) is 3.62. The highest BCUT2D eigenvalue weighted by Crippen LogP contribution is 2.09. The van der Waals surface area contributed by atoms with Crippen molar-refractivity contribution in [1.82, 2.24) is 9.97 Å². The number of aromatic nitrogens is 2. The van der Waals surface area contributed by atoms with Gasteiger partial charge in [-0.1, -0.05) is 24.3 Å². The monoisotopic (exact) mass is 156 g/mol. The standard InChI is InChI=1S/C9H6N3/c1-10-6-9-11-7-4-2-3-5-8(7)12-9/h2-5H,6H2/q-1. The molecule has 0 N–H and O–H groups in total. The van der Waals surface area contributed by atoms with Gasteiger partial charge in [0.25, 0.3) is 0 Å². The Labute approximate surface area is 69.9 Å². The van der Waals surface area contributed by atoms with E-state index in [0.717, 1.165) is 11.0 Å². The predicted octanol–water partition coefficient (Wildman–Crippen LogP) is 1.61. The SMILES string of the molecule is [C-]#[N+]Cc1nc2ccccc2[n-]1. The summed E-state index contributed by atoms with van der Waals surface area (Å²) in [6.45, 7) is 6.93. The molecule has 0 atom stereocenters. The van der Waals surface area contributed by atoms with Gasteiger partial charge >= 0.3 is 0 Å². The molecule has 0 bridgehead atoms. The summed E-state index contributed by atoms with van der Waals surface area (Å²) >= 11 is 0. The van der Waals surface area contributed by atoms with Gasteiger partial charge in [0, 0.05) is 0 Å². The van der Waals surface area contributed by atoms with Gasteiger partial charge in [0.2, 0.25) is 6.54 Å². The Kier molecular flexibility index (Phi) is 1.52. The molecule has 3 heteroatoms. The summed E-state index contributed by atoms with van der Waals surface area (Å²) in [5.41, 5.74) is 1.74. The number of nitrogens with zero attached hydrogens (tertiary/aromatic N) is 3. The molecule has 0 aliphatic rings. The Balaban J connectivity index is 2.56. The van der Waals surface area contributed by atoms with Crippen LogP contribution in [-0.2, 0) is 6.54 Å². The highest BCUT2D eigenvalue weighted by molar-refractivity contribution is 5.74. The van der Waals surface area contributed by atoms with Crippen molar-refractivity contribution < 1.29 is 0 Å². The lowest BCUT2D eigenvalue weighted by molar-refractivity contribution is 1.06. The fourth-order valence-electron chi connectivity index (χ4n) is 1.10. The molecule has 0 aliphatic heterocycles. The Bertz CT molecular complexity index is 403. The maximum absolute atomic E-state index is 6.66. The summed E-state index contributed by atoms with van der Waals surface area (Å²) in [5.74, 6) is 0.617. The van der Waals surface area contributed by atoms with Crippen LogP contribution in [0.4, 0.5) is 0 Å². The van der Waals surface area contributed by atoms with Crippen molar-refractivity contribution in [1.29, 1.82) is 0 Å². The molecule has 0 radical (unpaired) electrons. The molecule has 0 spiro atoms. The molecule has 58 valence electrons. The molecule has 0 saturated heterocycles. The Morgan fingerprint density at radius 3 is 3.00 bits per heavy atom. The van der Waals surface area contributed by atoms with Crippen LogP contribution in [0.2, 0.25) is 0 Å². The topological polar surface area (TPSA) is 31.4 Å². The molecule has 1 aromatic carbocycles. The smallest absolute Gasteiger partial charge is 0.232 e. The van der Waals surface area contributed by atoms with Crippen molar-refractivity contribution in [3.05, 3.63) is 41.5 Å². The summed E-state index contributed by atoms with van der Waals surface area (Å²) in [5, 5.41) is 0. The van der Waals surface area contributed by atoms with Crippen LogP contribution < -0.4 is 4.98 Å². The van der Waals surface area contributed by atoms with E-state index in [1.807, 2.05) is 24.3 Å². The highest BCUT2D eigenvalue weighted by atomic mass is 14.9. The lowest BCUT2D eigenvalue weighted by atomic mass is 10.3. The molecule has 0 saturated carbocycles. The molecular formula is C9H6N3-. The molecule has 1 heterocycles. The van der Waals surface area contributed by atoms with Crippen molar-refractivity contribution in [2.45, 2.75) is 6.54 Å². The van der Waals surface area contributed by atoms with Gasteiger partial charge in [-0.25, -0.2) is 6.57 Å². The normalized spacial score (nSPS) is 9.92. The first-order valence-corrected chi connectivity index (χ1v) is 3.62. The second-order valence-corrected chi connectivity index (χ2v) is 2.44. The van der Waals surface area contributed by atoms with Crippen molar-refractivity contribution >= 4 is 11.0 Å². The number of rotatable bonds is 1. The summed E-state index contributed by atoms with van der Waals surface area (Å²) in [6.07, 6.45) is 0. The second-order valence-electron chi connectivity index (χ2n) is 2.44. The van der Waals surface area contributed by atoms with Crippen LogP contribution in [0.3, 0.4) is 0 Å². The minimum Gasteiger partial charge on any atom is -0.433 e. The van der Waals surface area contributed by atoms with E-state index in [2.05, 4.69) is 14.8 Å². The first-order chi connectivity index (χ1) is 5.90. The maximum atomic E-state index is 6.66. The van der Waals surface area contributed by atoms with Crippen LogP contribution in [0.1, 0.15) is 5.82 Å². The average molecular weight is 156 g/mol. The fraction of sp³-hybridized carbons (Fsp3) is 0.111. The molecule has 0 amide bonds. The summed E-state index contributed by atoms with van der Waals surface area (Å²) in [4.78, 5) is 11.6. The van der Waals surface area contributed by atoms with E-state index in [1.165, 1.54) is 0 Å². The van der Waals surface area contributed by atoms with Crippen LogP contribution in [0.15, 0.2) is 24.3 Å². The van der Waals surface area contributed by atoms with E-state index < -0.39 is 0 Å². The Hall–Kier alpha value is -1.82. The fourth-order valence-corrected chi connectivity index (χ4v) is 1.10. The van der Waals surface area contributed by atoms with Crippen LogP contribution in [0, 0.1) is 6.57 Å². The Morgan fingerprint density at radius 2 is 2.25 bits per heavy atom. The van der Waals surface area contributed by atoms with Crippen LogP contribution in [-0.4, -0.2) is 4.98 Å². The van der Waals surface area contributed by atoms with Gasteiger partial charge in [-0.05, 0) is 16.9 Å². The third-order valence-corrected chi connectivity index (χ3v) is 1.60. The van der Waals surface area contributed by atoms with Gasteiger partial charge in [-0.2, -0.15) is 0 Å². The minimum atomic E-state index is 0.272. The zero-order chi connectivity index (χ0) is 8.39. The zero-order valence-corrected chi connectivity index (χ0v) is 6.36. The number of hydrogen-bond donors (Lipinski definition) is 0. The molecule has 2 rings (SSSR count). The van der Waals surface area contributed by atoms with Crippen molar-refractivity contribution in [3.8, 4) is 0 Å². The summed E-state index contributed by atoms with van der Waals surface area (Å²) < 4.78 is 0. The third kappa shape index (κ3) is 1.04. The molecule has 0 unspecified atom stereocenters. The van der Waals surface area contributed by atoms with Gasteiger partial charge in [0.1, 0.15) is 0 Å². The molecule has 12 heavy (non-hydrogen) atoms. The largest absolute Gasteiger partial charge is 0.433 e. The van der Waals surface area contributed by atoms with Crippen LogP contribution >= 0.6 is 0 Å². The zero-order valence-electron chi connectivity index (χ0n) is 6.36. The number of para-hydroxylation sites is 2. The number of benzene rings is 1. The van der Waals surface area contributed by atoms with Gasteiger partial charge in [-0.3, -0.25) is 0 Å². The van der Waals surface area contributed by atoms with Crippen LogP contribution in [0.5, 0.6) is 0 Å². The second kappa shape index (κ2) is 2.67. The van der Waals surface area contributed by atoms with E-state index >= 15 is 0 Å². The summed E-state index contributed by atoms with van der Waals surface area (Å²) in [6, 6.07) is 7.63. The van der Waals surface area contributed by atoms with E-state index in [4.69, 9.17) is 6.57 Å². The van der Waals surface area contributed by atoms with E-state index in [1.54, 1.807) is 0 Å². The molecule has 1 aromatic heterocycles. The minimum absolute atomic E-state index is 0.272. The van der Waals surface area contributed by atoms with Crippen molar-refractivity contribution in [2.24, 2.45) is 0 Å². The van der Waals surface area contributed by atoms with Gasteiger partial charge in [0.05, 0.1) is 0 Å². The lowest BCUT2D eigenvalue weighted by Gasteiger charge is -1.88. The third-order valence-electron chi connectivity index (χ3n) is 1.60. The molecule has 2 aromatic rings. The predicted molar refractivity (Wildman–Crippen MR) is 45.4 cm³/mol. The molecule has 3 nitrogen and oxygen atoms in total. The number of fused-ring (bicyclic) bond motifs is 1. The maximum Gasteiger partial charge on any atom is 0.232 e.